The Kier molecular flexibility index (Phi) is 3.57. The highest BCUT2D eigenvalue weighted by molar-refractivity contribution is 5.82. The van der Waals surface area contributed by atoms with E-state index in [0.717, 1.165) is 13.1 Å². The van der Waals surface area contributed by atoms with Crippen LogP contribution in [-0.2, 0) is 13.1 Å². The summed E-state index contributed by atoms with van der Waals surface area (Å²) in [6.07, 6.45) is 0. The molecule has 0 saturated carbocycles. The summed E-state index contributed by atoms with van der Waals surface area (Å²) in [5.74, 6) is 0. The minimum atomic E-state index is 0.903. The fraction of sp³-hybridized carbons (Fsp3) is 0.111. The molecule has 94 valence electrons. The average Bonchev–Trinajstić information content (AvgIpc) is 2.48. The van der Waals surface area contributed by atoms with Gasteiger partial charge in [0.2, 0.25) is 0 Å². The highest BCUT2D eigenvalue weighted by atomic mass is 14.8. The molecule has 0 amide bonds. The lowest BCUT2D eigenvalue weighted by Crippen LogP contribution is -2.12. The number of nitrogens with one attached hydrogen (secondary N) is 1. The monoisotopic (exact) mass is 247 g/mol. The number of fused-ring (bicyclic) bond motifs is 1. The van der Waals surface area contributed by atoms with Gasteiger partial charge in [0.05, 0.1) is 0 Å². The fourth-order valence-electron chi connectivity index (χ4n) is 2.30. The number of rotatable bonds is 4. The van der Waals surface area contributed by atoms with Gasteiger partial charge in [-0.25, -0.2) is 0 Å². The molecule has 1 N–H and O–H groups in total. The maximum absolute atomic E-state index is 3.48. The summed E-state index contributed by atoms with van der Waals surface area (Å²) in [6, 6.07) is 25.6. The first-order valence-corrected chi connectivity index (χ1v) is 6.64. The molecule has 0 radical (unpaired) electrons. The van der Waals surface area contributed by atoms with Crippen LogP contribution in [0.25, 0.3) is 10.8 Å². The molecule has 3 aromatic carbocycles. The van der Waals surface area contributed by atoms with Gasteiger partial charge in [-0.05, 0) is 28.0 Å². The van der Waals surface area contributed by atoms with Crippen LogP contribution >= 0.6 is 0 Å². The molecule has 0 aliphatic carbocycles. The Morgan fingerprint density at radius 1 is 0.579 bits per heavy atom. The average molecular weight is 247 g/mol. The molecule has 0 bridgehead atoms. The Morgan fingerprint density at radius 3 is 2.11 bits per heavy atom. The molecular weight excluding hydrogens is 230 g/mol. The molecule has 0 spiro atoms. The zero-order valence-corrected chi connectivity index (χ0v) is 10.8. The van der Waals surface area contributed by atoms with Crippen LogP contribution in [0, 0.1) is 0 Å². The highest BCUT2D eigenvalue weighted by Gasteiger charge is 1.96. The van der Waals surface area contributed by atoms with E-state index < -0.39 is 0 Å². The van der Waals surface area contributed by atoms with Gasteiger partial charge in [0.15, 0.2) is 0 Å². The lowest BCUT2D eigenvalue weighted by molar-refractivity contribution is 0.694. The van der Waals surface area contributed by atoms with Crippen molar-refractivity contribution in [3.05, 3.63) is 83.9 Å². The van der Waals surface area contributed by atoms with Crippen molar-refractivity contribution >= 4 is 10.8 Å². The van der Waals surface area contributed by atoms with Crippen molar-refractivity contribution in [3.8, 4) is 0 Å². The normalized spacial score (nSPS) is 10.7. The second-order valence-corrected chi connectivity index (χ2v) is 4.77. The number of benzene rings is 3. The first-order chi connectivity index (χ1) is 9.42. The van der Waals surface area contributed by atoms with Crippen LogP contribution < -0.4 is 5.32 Å². The van der Waals surface area contributed by atoms with E-state index in [1.165, 1.54) is 21.9 Å². The lowest BCUT2D eigenvalue weighted by atomic mass is 10.1. The van der Waals surface area contributed by atoms with Crippen molar-refractivity contribution in [2.24, 2.45) is 0 Å². The molecule has 0 atom stereocenters. The molecule has 0 aromatic heterocycles. The minimum absolute atomic E-state index is 0.903. The van der Waals surface area contributed by atoms with Gasteiger partial charge in [0.25, 0.3) is 0 Å². The third-order valence-corrected chi connectivity index (χ3v) is 3.31. The van der Waals surface area contributed by atoms with Crippen LogP contribution in [0.15, 0.2) is 72.8 Å². The minimum Gasteiger partial charge on any atom is -0.309 e. The van der Waals surface area contributed by atoms with Crippen LogP contribution in [0.1, 0.15) is 11.1 Å². The molecule has 19 heavy (non-hydrogen) atoms. The molecular formula is C18H17N. The van der Waals surface area contributed by atoms with Crippen LogP contribution in [0.4, 0.5) is 0 Å². The molecule has 0 aliphatic heterocycles. The van der Waals surface area contributed by atoms with Crippen molar-refractivity contribution < 1.29 is 0 Å². The summed E-state index contributed by atoms with van der Waals surface area (Å²) >= 11 is 0. The van der Waals surface area contributed by atoms with Crippen LogP contribution in [0.5, 0.6) is 0 Å². The Bertz CT molecular complexity index is 659. The molecule has 0 unspecified atom stereocenters. The lowest BCUT2D eigenvalue weighted by Gasteiger charge is -2.06. The molecule has 3 rings (SSSR count). The summed E-state index contributed by atoms with van der Waals surface area (Å²) in [5, 5.41) is 6.09. The second kappa shape index (κ2) is 5.68. The van der Waals surface area contributed by atoms with Crippen molar-refractivity contribution in [2.45, 2.75) is 13.1 Å². The van der Waals surface area contributed by atoms with Crippen LogP contribution in [-0.4, -0.2) is 0 Å². The summed E-state index contributed by atoms with van der Waals surface area (Å²) in [6.45, 7) is 1.81. The zero-order chi connectivity index (χ0) is 12.9. The number of hydrogen-bond donors (Lipinski definition) is 1. The SMILES string of the molecule is c1ccc(CNCc2ccc3ccccc3c2)cc1. The molecule has 3 aromatic rings. The molecule has 0 saturated heterocycles. The quantitative estimate of drug-likeness (QED) is 0.731. The largest absolute Gasteiger partial charge is 0.309 e. The van der Waals surface area contributed by atoms with Gasteiger partial charge in [0, 0.05) is 13.1 Å². The van der Waals surface area contributed by atoms with Crippen molar-refractivity contribution in [1.29, 1.82) is 0 Å². The highest BCUT2D eigenvalue weighted by Crippen LogP contribution is 2.15. The third kappa shape index (κ3) is 3.01. The predicted molar refractivity (Wildman–Crippen MR) is 80.9 cm³/mol. The maximum atomic E-state index is 3.48. The molecule has 1 nitrogen and oxygen atoms in total. The summed E-state index contributed by atoms with van der Waals surface area (Å²) in [7, 11) is 0. The van der Waals surface area contributed by atoms with E-state index in [1.807, 2.05) is 6.07 Å². The Labute approximate surface area is 113 Å². The van der Waals surface area contributed by atoms with E-state index in [0.29, 0.717) is 0 Å². The summed E-state index contributed by atoms with van der Waals surface area (Å²) in [4.78, 5) is 0. The summed E-state index contributed by atoms with van der Waals surface area (Å²) < 4.78 is 0. The molecule has 0 heterocycles. The van der Waals surface area contributed by atoms with Crippen LogP contribution in [0.2, 0.25) is 0 Å². The van der Waals surface area contributed by atoms with E-state index in [-0.39, 0.29) is 0 Å². The maximum Gasteiger partial charge on any atom is 0.0208 e. The Balaban J connectivity index is 1.65. The smallest absolute Gasteiger partial charge is 0.0208 e. The van der Waals surface area contributed by atoms with Gasteiger partial charge < -0.3 is 5.32 Å². The van der Waals surface area contributed by atoms with Gasteiger partial charge in [0.1, 0.15) is 0 Å². The van der Waals surface area contributed by atoms with Gasteiger partial charge in [-0.1, -0.05) is 66.7 Å². The Hall–Kier alpha value is -2.12. The van der Waals surface area contributed by atoms with Gasteiger partial charge in [-0.3, -0.25) is 0 Å². The predicted octanol–water partition coefficient (Wildman–Crippen LogP) is 4.13. The Morgan fingerprint density at radius 2 is 1.26 bits per heavy atom. The fourth-order valence-corrected chi connectivity index (χ4v) is 2.30. The van der Waals surface area contributed by atoms with Crippen molar-refractivity contribution in [1.82, 2.24) is 5.32 Å². The van der Waals surface area contributed by atoms with E-state index in [9.17, 15) is 0 Å². The van der Waals surface area contributed by atoms with E-state index in [4.69, 9.17) is 0 Å². The zero-order valence-electron chi connectivity index (χ0n) is 10.8. The molecule has 1 heteroatoms. The van der Waals surface area contributed by atoms with Crippen LogP contribution in [0.3, 0.4) is 0 Å². The second-order valence-electron chi connectivity index (χ2n) is 4.77. The first kappa shape index (κ1) is 11.9. The van der Waals surface area contributed by atoms with E-state index >= 15 is 0 Å². The van der Waals surface area contributed by atoms with E-state index in [1.54, 1.807) is 0 Å². The third-order valence-electron chi connectivity index (χ3n) is 3.31. The molecule has 0 fully saturated rings. The standard InChI is InChI=1S/C18H17N/c1-2-6-15(7-3-1)13-19-14-16-10-11-17-8-4-5-9-18(17)12-16/h1-12,19H,13-14H2. The van der Waals surface area contributed by atoms with Crippen molar-refractivity contribution in [2.75, 3.05) is 0 Å². The van der Waals surface area contributed by atoms with Gasteiger partial charge in [-0.2, -0.15) is 0 Å². The topological polar surface area (TPSA) is 12.0 Å². The van der Waals surface area contributed by atoms with Gasteiger partial charge >= 0.3 is 0 Å². The first-order valence-electron chi connectivity index (χ1n) is 6.64. The van der Waals surface area contributed by atoms with E-state index in [2.05, 4.69) is 72.0 Å². The number of hydrogen-bond acceptors (Lipinski definition) is 1. The summed E-state index contributed by atoms with van der Waals surface area (Å²) in [5.41, 5.74) is 2.65. The van der Waals surface area contributed by atoms with Crippen molar-refractivity contribution in [3.63, 3.8) is 0 Å². The van der Waals surface area contributed by atoms with Gasteiger partial charge in [-0.15, -0.1) is 0 Å². The molecule has 0 aliphatic rings.